The monoisotopic (exact) mass is 210 g/mol. The molecule has 84 valence electrons. The number of hydrogen-bond donors (Lipinski definition) is 2. The number of carbonyl (C=O) groups excluding carboxylic acids is 1. The van der Waals surface area contributed by atoms with E-state index in [1.165, 1.54) is 10.9 Å². The van der Waals surface area contributed by atoms with E-state index in [-0.39, 0.29) is 18.0 Å². The van der Waals surface area contributed by atoms with Gasteiger partial charge in [0.05, 0.1) is 11.9 Å². The molecule has 5 heteroatoms. The first-order valence-electron chi connectivity index (χ1n) is 5.02. The van der Waals surface area contributed by atoms with Crippen molar-refractivity contribution in [3.05, 3.63) is 12.4 Å². The van der Waals surface area contributed by atoms with Crippen LogP contribution in [0.15, 0.2) is 12.4 Å². The number of anilines is 1. The third-order valence-electron chi connectivity index (χ3n) is 2.32. The number of carbonyl (C=O) groups is 1. The summed E-state index contributed by atoms with van der Waals surface area (Å²) in [6, 6.07) is 0. The number of rotatable bonds is 4. The first kappa shape index (κ1) is 11.6. The quantitative estimate of drug-likeness (QED) is 0.771. The molecule has 15 heavy (non-hydrogen) atoms. The molecule has 0 saturated carbocycles. The zero-order valence-electron chi connectivity index (χ0n) is 9.45. The van der Waals surface area contributed by atoms with E-state index in [0.29, 0.717) is 5.69 Å². The van der Waals surface area contributed by atoms with Crippen LogP contribution in [0.1, 0.15) is 27.2 Å². The second-order valence-electron chi connectivity index (χ2n) is 4.26. The molecule has 0 saturated heterocycles. The van der Waals surface area contributed by atoms with Crippen LogP contribution in [0, 0.1) is 0 Å². The smallest absolute Gasteiger partial charge is 0.242 e. The van der Waals surface area contributed by atoms with Crippen molar-refractivity contribution in [1.29, 1.82) is 0 Å². The summed E-state index contributed by atoms with van der Waals surface area (Å²) in [6.45, 7) is 6.22. The van der Waals surface area contributed by atoms with Gasteiger partial charge in [0.25, 0.3) is 0 Å². The molecule has 1 amide bonds. The predicted molar refractivity (Wildman–Crippen MR) is 59.2 cm³/mol. The lowest BCUT2D eigenvalue weighted by molar-refractivity contribution is -0.123. The fourth-order valence-electron chi connectivity index (χ4n) is 1.12. The minimum Gasteiger partial charge on any atom is -0.396 e. The van der Waals surface area contributed by atoms with Crippen molar-refractivity contribution in [1.82, 2.24) is 15.1 Å². The standard InChI is InChI=1S/C10H18N4O/c1-4-10(2,3)13-9(15)7-14-6-8(11)5-12-14/h5-6H,4,7,11H2,1-3H3,(H,13,15). The Kier molecular flexibility index (Phi) is 3.34. The van der Waals surface area contributed by atoms with Crippen LogP contribution in [0.25, 0.3) is 0 Å². The summed E-state index contributed by atoms with van der Waals surface area (Å²) in [4.78, 5) is 11.6. The van der Waals surface area contributed by atoms with E-state index in [4.69, 9.17) is 5.73 Å². The molecule has 0 bridgehead atoms. The largest absolute Gasteiger partial charge is 0.396 e. The summed E-state index contributed by atoms with van der Waals surface area (Å²) in [5.74, 6) is -0.0510. The van der Waals surface area contributed by atoms with Gasteiger partial charge < -0.3 is 11.1 Å². The van der Waals surface area contributed by atoms with E-state index in [1.54, 1.807) is 6.20 Å². The average Bonchev–Trinajstić information content (AvgIpc) is 2.50. The lowest BCUT2D eigenvalue weighted by atomic mass is 10.0. The Hall–Kier alpha value is -1.52. The Morgan fingerprint density at radius 2 is 2.33 bits per heavy atom. The summed E-state index contributed by atoms with van der Waals surface area (Å²) in [7, 11) is 0. The highest BCUT2D eigenvalue weighted by molar-refractivity contribution is 5.76. The van der Waals surface area contributed by atoms with Crippen LogP contribution in [-0.2, 0) is 11.3 Å². The van der Waals surface area contributed by atoms with Gasteiger partial charge in [-0.25, -0.2) is 0 Å². The average molecular weight is 210 g/mol. The summed E-state index contributed by atoms with van der Waals surface area (Å²) in [6.07, 6.45) is 4.05. The molecular formula is C10H18N4O. The highest BCUT2D eigenvalue weighted by atomic mass is 16.2. The van der Waals surface area contributed by atoms with Crippen molar-refractivity contribution in [3.8, 4) is 0 Å². The lowest BCUT2D eigenvalue weighted by Crippen LogP contribution is -2.44. The molecule has 0 unspecified atom stereocenters. The van der Waals surface area contributed by atoms with Gasteiger partial charge in [0, 0.05) is 11.7 Å². The Morgan fingerprint density at radius 3 is 2.80 bits per heavy atom. The van der Waals surface area contributed by atoms with E-state index in [1.807, 2.05) is 20.8 Å². The zero-order valence-corrected chi connectivity index (χ0v) is 9.45. The van der Waals surface area contributed by atoms with Gasteiger partial charge in [0.1, 0.15) is 6.54 Å². The molecule has 0 fully saturated rings. The minimum atomic E-state index is -0.171. The Balaban J connectivity index is 2.50. The third-order valence-corrected chi connectivity index (χ3v) is 2.32. The lowest BCUT2D eigenvalue weighted by Gasteiger charge is -2.24. The van der Waals surface area contributed by atoms with Crippen LogP contribution in [0.2, 0.25) is 0 Å². The van der Waals surface area contributed by atoms with Gasteiger partial charge in [-0.05, 0) is 20.3 Å². The number of aromatic nitrogens is 2. The molecule has 1 rings (SSSR count). The molecule has 0 aromatic carbocycles. The number of amides is 1. The first-order chi connectivity index (χ1) is 6.93. The molecule has 1 heterocycles. The predicted octanol–water partition coefficient (Wildman–Crippen LogP) is 0.770. The van der Waals surface area contributed by atoms with Gasteiger partial charge >= 0.3 is 0 Å². The fraction of sp³-hybridized carbons (Fsp3) is 0.600. The van der Waals surface area contributed by atoms with Crippen LogP contribution in [0.4, 0.5) is 5.69 Å². The highest BCUT2D eigenvalue weighted by Gasteiger charge is 2.17. The normalized spacial score (nSPS) is 11.4. The maximum Gasteiger partial charge on any atom is 0.242 e. The molecule has 1 aromatic rings. The maximum atomic E-state index is 11.6. The Labute approximate surface area is 89.6 Å². The van der Waals surface area contributed by atoms with Crippen molar-refractivity contribution in [2.75, 3.05) is 5.73 Å². The van der Waals surface area contributed by atoms with E-state index < -0.39 is 0 Å². The van der Waals surface area contributed by atoms with Gasteiger partial charge in [-0.3, -0.25) is 9.48 Å². The van der Waals surface area contributed by atoms with Crippen LogP contribution < -0.4 is 11.1 Å². The Morgan fingerprint density at radius 1 is 1.67 bits per heavy atom. The molecule has 3 N–H and O–H groups in total. The van der Waals surface area contributed by atoms with Crippen molar-refractivity contribution in [2.45, 2.75) is 39.3 Å². The van der Waals surface area contributed by atoms with Gasteiger partial charge in [-0.15, -0.1) is 0 Å². The summed E-state index contributed by atoms with van der Waals surface area (Å²) in [5, 5.41) is 6.87. The summed E-state index contributed by atoms with van der Waals surface area (Å²) < 4.78 is 1.52. The molecular weight excluding hydrogens is 192 g/mol. The topological polar surface area (TPSA) is 72.9 Å². The molecule has 0 aliphatic heterocycles. The minimum absolute atomic E-state index is 0.0510. The molecule has 5 nitrogen and oxygen atoms in total. The van der Waals surface area contributed by atoms with Gasteiger partial charge in [-0.2, -0.15) is 5.10 Å². The van der Waals surface area contributed by atoms with Crippen LogP contribution in [0.5, 0.6) is 0 Å². The van der Waals surface area contributed by atoms with Crippen molar-refractivity contribution in [3.63, 3.8) is 0 Å². The third kappa shape index (κ3) is 3.61. The molecule has 0 aliphatic rings. The van der Waals surface area contributed by atoms with Crippen molar-refractivity contribution in [2.24, 2.45) is 0 Å². The zero-order chi connectivity index (χ0) is 11.5. The number of nitrogens with zero attached hydrogens (tertiary/aromatic N) is 2. The van der Waals surface area contributed by atoms with Crippen molar-refractivity contribution >= 4 is 11.6 Å². The molecule has 0 atom stereocenters. The Bertz CT molecular complexity index is 343. The van der Waals surface area contributed by atoms with E-state index in [0.717, 1.165) is 6.42 Å². The fourth-order valence-corrected chi connectivity index (χ4v) is 1.12. The van der Waals surface area contributed by atoms with Gasteiger partial charge in [-0.1, -0.05) is 6.92 Å². The van der Waals surface area contributed by atoms with E-state index in [9.17, 15) is 4.79 Å². The first-order valence-corrected chi connectivity index (χ1v) is 5.02. The second kappa shape index (κ2) is 4.33. The number of hydrogen-bond acceptors (Lipinski definition) is 3. The molecule has 1 aromatic heterocycles. The molecule has 0 radical (unpaired) electrons. The number of nitrogen functional groups attached to an aromatic ring is 1. The molecule has 0 aliphatic carbocycles. The van der Waals surface area contributed by atoms with E-state index >= 15 is 0 Å². The maximum absolute atomic E-state index is 11.6. The van der Waals surface area contributed by atoms with Crippen molar-refractivity contribution < 1.29 is 4.79 Å². The van der Waals surface area contributed by atoms with E-state index in [2.05, 4.69) is 10.4 Å². The summed E-state index contributed by atoms with van der Waals surface area (Å²) in [5.41, 5.74) is 5.89. The van der Waals surface area contributed by atoms with Gasteiger partial charge in [0.15, 0.2) is 0 Å². The van der Waals surface area contributed by atoms with Crippen LogP contribution in [-0.4, -0.2) is 21.2 Å². The number of nitrogens with two attached hydrogens (primary N) is 1. The van der Waals surface area contributed by atoms with Gasteiger partial charge in [0.2, 0.25) is 5.91 Å². The van der Waals surface area contributed by atoms with Crippen LogP contribution in [0.3, 0.4) is 0 Å². The molecule has 0 spiro atoms. The number of nitrogens with one attached hydrogen (secondary N) is 1. The second-order valence-corrected chi connectivity index (χ2v) is 4.26. The highest BCUT2D eigenvalue weighted by Crippen LogP contribution is 2.06. The van der Waals surface area contributed by atoms with Crippen LogP contribution >= 0.6 is 0 Å². The summed E-state index contributed by atoms with van der Waals surface area (Å²) >= 11 is 0. The SMILES string of the molecule is CCC(C)(C)NC(=O)Cn1cc(N)cn1.